The maximum atomic E-state index is 12.5. The van der Waals surface area contributed by atoms with E-state index < -0.39 is 12.1 Å². The van der Waals surface area contributed by atoms with Crippen molar-refractivity contribution in [1.29, 1.82) is 0 Å². The van der Waals surface area contributed by atoms with Gasteiger partial charge in [0.1, 0.15) is 5.69 Å². The lowest BCUT2D eigenvalue weighted by molar-refractivity contribution is -0.192. The Bertz CT molecular complexity index is 1460. The fourth-order valence-corrected chi connectivity index (χ4v) is 4.45. The standard InChI is InChI=1S/C21H20ClN5O.C2HF3O2/c22-16-3-2-13(15-10-25-27-20(15)16)18-14-9-12(11-5-7-24-8-6-11)1-4-17(14)26-21(28)19(18)23;3-2(4,5)1(6)7/h1-4,9-11,24H,5-8,23H2,(H,25,27)(H,26,28);(H,6,7). The molecular formula is C23H21ClF3N5O3. The number of carboxylic acids is 1. The highest BCUT2D eigenvalue weighted by Gasteiger charge is 2.38. The Morgan fingerprint density at radius 3 is 2.49 bits per heavy atom. The van der Waals surface area contributed by atoms with Gasteiger partial charge in [-0.3, -0.25) is 9.89 Å². The Morgan fingerprint density at radius 2 is 1.83 bits per heavy atom. The van der Waals surface area contributed by atoms with Gasteiger partial charge in [-0.25, -0.2) is 4.79 Å². The number of fused-ring (bicyclic) bond motifs is 2. The summed E-state index contributed by atoms with van der Waals surface area (Å²) in [7, 11) is 0. The quantitative estimate of drug-likeness (QED) is 0.272. The van der Waals surface area contributed by atoms with Crippen LogP contribution in [-0.2, 0) is 4.79 Å². The highest BCUT2D eigenvalue weighted by Crippen LogP contribution is 2.39. The zero-order chi connectivity index (χ0) is 25.3. The second kappa shape index (κ2) is 9.59. The number of nitrogens with zero attached hydrogens (tertiary/aromatic N) is 1. The molecule has 6 N–H and O–H groups in total. The molecule has 0 unspecified atom stereocenters. The van der Waals surface area contributed by atoms with E-state index in [2.05, 4.69) is 32.6 Å². The van der Waals surface area contributed by atoms with Crippen LogP contribution in [0.4, 0.5) is 18.9 Å². The zero-order valence-electron chi connectivity index (χ0n) is 18.2. The van der Waals surface area contributed by atoms with E-state index in [-0.39, 0.29) is 11.2 Å². The van der Waals surface area contributed by atoms with Gasteiger partial charge < -0.3 is 21.1 Å². The average molecular weight is 508 g/mol. The number of H-pyrrole nitrogens is 2. The molecule has 0 saturated carbocycles. The first-order valence-corrected chi connectivity index (χ1v) is 11.0. The Labute approximate surface area is 201 Å². The number of anilines is 1. The summed E-state index contributed by atoms with van der Waals surface area (Å²) in [6.45, 7) is 2.05. The third kappa shape index (κ3) is 4.96. The third-order valence-corrected chi connectivity index (χ3v) is 6.28. The third-order valence-electron chi connectivity index (χ3n) is 5.96. The molecule has 0 amide bonds. The molecule has 2 aromatic carbocycles. The van der Waals surface area contributed by atoms with Crippen molar-refractivity contribution in [2.45, 2.75) is 24.9 Å². The van der Waals surface area contributed by atoms with E-state index in [1.165, 1.54) is 5.56 Å². The van der Waals surface area contributed by atoms with E-state index in [1.54, 1.807) is 12.3 Å². The normalized spacial score (nSPS) is 14.6. The fraction of sp³-hybridized carbons (Fsp3) is 0.261. The average Bonchev–Trinajstić information content (AvgIpc) is 3.32. The fourth-order valence-electron chi connectivity index (χ4n) is 4.25. The number of rotatable bonds is 2. The van der Waals surface area contributed by atoms with Crippen molar-refractivity contribution in [2.24, 2.45) is 0 Å². The molecule has 8 nitrogen and oxygen atoms in total. The van der Waals surface area contributed by atoms with Crippen molar-refractivity contribution in [3.63, 3.8) is 0 Å². The van der Waals surface area contributed by atoms with Gasteiger partial charge >= 0.3 is 12.1 Å². The molecule has 0 bridgehead atoms. The molecule has 184 valence electrons. The Kier molecular flexibility index (Phi) is 6.73. The number of benzene rings is 2. The molecule has 0 atom stereocenters. The molecule has 0 aliphatic carbocycles. The number of piperidine rings is 1. The van der Waals surface area contributed by atoms with Crippen LogP contribution in [0.25, 0.3) is 32.9 Å². The largest absolute Gasteiger partial charge is 0.490 e. The van der Waals surface area contributed by atoms with Crippen LogP contribution in [0.1, 0.15) is 24.3 Å². The van der Waals surface area contributed by atoms with Crippen LogP contribution in [0, 0.1) is 0 Å². The highest BCUT2D eigenvalue weighted by atomic mass is 35.5. The predicted molar refractivity (Wildman–Crippen MR) is 128 cm³/mol. The maximum Gasteiger partial charge on any atom is 0.490 e. The molecule has 1 aliphatic heterocycles. The molecule has 4 aromatic rings. The minimum atomic E-state index is -5.08. The minimum Gasteiger partial charge on any atom is -0.475 e. The van der Waals surface area contributed by atoms with E-state index in [9.17, 15) is 18.0 Å². The summed E-state index contributed by atoms with van der Waals surface area (Å²) in [5, 5.41) is 20.0. The molecule has 0 radical (unpaired) electrons. The van der Waals surface area contributed by atoms with E-state index in [1.807, 2.05) is 12.1 Å². The van der Waals surface area contributed by atoms with Crippen LogP contribution in [0.2, 0.25) is 5.02 Å². The van der Waals surface area contributed by atoms with E-state index in [0.717, 1.165) is 58.9 Å². The Morgan fingerprint density at radius 1 is 1.14 bits per heavy atom. The first-order chi connectivity index (χ1) is 16.6. The summed E-state index contributed by atoms with van der Waals surface area (Å²) in [5.74, 6) is -2.25. The number of aromatic amines is 2. The molecule has 2 aromatic heterocycles. The molecule has 12 heteroatoms. The molecule has 3 heterocycles. The van der Waals surface area contributed by atoms with Crippen LogP contribution < -0.4 is 16.6 Å². The van der Waals surface area contributed by atoms with Gasteiger partial charge in [0.2, 0.25) is 0 Å². The van der Waals surface area contributed by atoms with Gasteiger partial charge in [-0.1, -0.05) is 23.7 Å². The van der Waals surface area contributed by atoms with Crippen LogP contribution in [0.5, 0.6) is 0 Å². The summed E-state index contributed by atoms with van der Waals surface area (Å²) in [4.78, 5) is 24.3. The number of alkyl halides is 3. The summed E-state index contributed by atoms with van der Waals surface area (Å²) >= 11 is 6.30. The summed E-state index contributed by atoms with van der Waals surface area (Å²) in [6.07, 6.45) is -1.15. The van der Waals surface area contributed by atoms with Crippen molar-refractivity contribution >= 4 is 45.1 Å². The number of aromatic nitrogens is 3. The predicted octanol–water partition coefficient (Wildman–Crippen LogP) is 4.41. The van der Waals surface area contributed by atoms with Gasteiger partial charge in [0.25, 0.3) is 5.56 Å². The van der Waals surface area contributed by atoms with Gasteiger partial charge in [0.05, 0.1) is 16.7 Å². The first kappa shape index (κ1) is 24.6. The SMILES string of the molecule is Nc1c(-c2ccc(Cl)c3[nH]ncc23)c2cc(C3CCNCC3)ccc2[nH]c1=O.O=C(O)C(F)(F)F. The van der Waals surface area contributed by atoms with Gasteiger partial charge in [-0.15, -0.1) is 0 Å². The van der Waals surface area contributed by atoms with E-state index in [4.69, 9.17) is 27.2 Å². The monoisotopic (exact) mass is 507 g/mol. The van der Waals surface area contributed by atoms with Crippen molar-refractivity contribution in [3.05, 3.63) is 57.5 Å². The van der Waals surface area contributed by atoms with Crippen molar-refractivity contribution in [2.75, 3.05) is 18.8 Å². The smallest absolute Gasteiger partial charge is 0.475 e. The van der Waals surface area contributed by atoms with Gasteiger partial charge in [-0.2, -0.15) is 18.3 Å². The minimum absolute atomic E-state index is 0.208. The van der Waals surface area contributed by atoms with Gasteiger partial charge in [-0.05, 0) is 61.2 Å². The summed E-state index contributed by atoms with van der Waals surface area (Å²) < 4.78 is 31.7. The van der Waals surface area contributed by atoms with Crippen molar-refractivity contribution in [3.8, 4) is 11.1 Å². The molecule has 35 heavy (non-hydrogen) atoms. The van der Waals surface area contributed by atoms with E-state index >= 15 is 0 Å². The molecule has 5 rings (SSSR count). The number of hydrogen-bond donors (Lipinski definition) is 5. The van der Waals surface area contributed by atoms with Crippen LogP contribution in [-0.4, -0.2) is 45.5 Å². The number of halogens is 4. The number of nitrogens with two attached hydrogens (primary N) is 1. The molecule has 1 saturated heterocycles. The zero-order valence-corrected chi connectivity index (χ0v) is 18.9. The highest BCUT2D eigenvalue weighted by molar-refractivity contribution is 6.35. The van der Waals surface area contributed by atoms with Crippen molar-refractivity contribution < 1.29 is 23.1 Å². The maximum absolute atomic E-state index is 12.5. The van der Waals surface area contributed by atoms with Gasteiger partial charge in [0, 0.05) is 21.9 Å². The number of carboxylic acid groups (broad SMARTS) is 1. The number of nitrogen functional groups attached to an aromatic ring is 1. The van der Waals surface area contributed by atoms with Crippen LogP contribution in [0.15, 0.2) is 41.3 Å². The number of pyridine rings is 1. The molecule has 1 fully saturated rings. The van der Waals surface area contributed by atoms with Crippen LogP contribution in [0.3, 0.4) is 0 Å². The first-order valence-electron chi connectivity index (χ1n) is 10.7. The number of nitrogens with one attached hydrogen (secondary N) is 3. The second-order valence-electron chi connectivity index (χ2n) is 8.13. The lowest BCUT2D eigenvalue weighted by Crippen LogP contribution is -2.26. The molecule has 0 spiro atoms. The lowest BCUT2D eigenvalue weighted by Gasteiger charge is -2.23. The van der Waals surface area contributed by atoms with Crippen molar-refractivity contribution in [1.82, 2.24) is 20.5 Å². The summed E-state index contributed by atoms with van der Waals surface area (Å²) in [6, 6.07) is 9.99. The number of carbonyl (C=O) groups is 1. The van der Waals surface area contributed by atoms with Crippen LogP contribution >= 0.6 is 11.6 Å². The number of hydrogen-bond acceptors (Lipinski definition) is 5. The van der Waals surface area contributed by atoms with Gasteiger partial charge in [0.15, 0.2) is 0 Å². The number of aliphatic carboxylic acids is 1. The molecular weight excluding hydrogens is 487 g/mol. The second-order valence-corrected chi connectivity index (χ2v) is 8.54. The Balaban J connectivity index is 0.000000364. The van der Waals surface area contributed by atoms with E-state index in [0.29, 0.717) is 10.9 Å². The molecule has 1 aliphatic rings. The lowest BCUT2D eigenvalue weighted by atomic mass is 9.88. The topological polar surface area (TPSA) is 137 Å². The summed E-state index contributed by atoms with van der Waals surface area (Å²) in [5.41, 5.74) is 10.6. The Hall–Kier alpha value is -3.57.